The number of nitrogens with one attached hydrogen (secondary N) is 1. The Hall–Kier alpha value is -7.25. The molecular formula is C36H38N8O16. The van der Waals surface area contributed by atoms with E-state index in [-0.39, 0.29) is 33.5 Å². The van der Waals surface area contributed by atoms with E-state index in [0.717, 1.165) is 28.8 Å². The van der Waals surface area contributed by atoms with Gasteiger partial charge in [0, 0.05) is 52.9 Å². The number of phenols is 4. The molecule has 0 amide bonds. The predicted octanol–water partition coefficient (Wildman–Crippen LogP) is -2.61. The number of aromatic amines is 1. The first-order valence-electron chi connectivity index (χ1n) is 17.5. The Kier molecular flexibility index (Phi) is 11.4. The molecule has 2 aromatic carbocycles. The molecule has 1 aliphatic rings. The number of imidazole rings is 2. The maximum Gasteiger partial charge on any atom is 0.332 e. The zero-order chi connectivity index (χ0) is 44.1. The number of aromatic hydroxyl groups is 4. The first kappa shape index (κ1) is 42.4. The van der Waals surface area contributed by atoms with Crippen molar-refractivity contribution in [3.8, 4) is 40.1 Å². The first-order chi connectivity index (χ1) is 28.3. The Bertz CT molecular complexity index is 3080. The number of benzene rings is 2. The number of aliphatic hydroxyl groups is 4. The summed E-state index contributed by atoms with van der Waals surface area (Å²) >= 11 is 0. The van der Waals surface area contributed by atoms with Gasteiger partial charge in [-0.15, -0.1) is 0 Å². The molecule has 6 heterocycles. The van der Waals surface area contributed by atoms with Crippen molar-refractivity contribution >= 4 is 33.3 Å². The van der Waals surface area contributed by atoms with E-state index >= 15 is 0 Å². The van der Waals surface area contributed by atoms with Crippen molar-refractivity contribution in [2.75, 3.05) is 6.61 Å². The molecular weight excluding hydrogens is 800 g/mol. The van der Waals surface area contributed by atoms with Gasteiger partial charge in [-0.05, 0) is 18.2 Å². The molecule has 5 atom stereocenters. The summed E-state index contributed by atoms with van der Waals surface area (Å²) in [5.74, 6) is -3.05. The van der Waals surface area contributed by atoms with Crippen LogP contribution in [0.5, 0.6) is 28.7 Å². The van der Waals surface area contributed by atoms with E-state index in [1.807, 2.05) is 0 Å². The van der Waals surface area contributed by atoms with Gasteiger partial charge in [0.05, 0.1) is 19.3 Å². The molecule has 0 bridgehead atoms. The Morgan fingerprint density at radius 1 is 0.750 bits per heavy atom. The smallest absolute Gasteiger partial charge is 0.332 e. The maximum absolute atomic E-state index is 13.2. The Balaban J connectivity index is 0.000000182. The number of phenolic OH excluding ortho intramolecular Hbond substituents is 4. The lowest BCUT2D eigenvalue weighted by molar-refractivity contribution is -0.277. The average molecular weight is 839 g/mol. The van der Waals surface area contributed by atoms with Gasteiger partial charge in [0.15, 0.2) is 39.6 Å². The number of rotatable bonds is 4. The van der Waals surface area contributed by atoms with Crippen LogP contribution in [-0.2, 0) is 40.0 Å². The molecule has 5 aromatic heterocycles. The number of aromatic nitrogens is 8. The van der Waals surface area contributed by atoms with E-state index in [2.05, 4.69) is 15.0 Å². The summed E-state index contributed by atoms with van der Waals surface area (Å²) in [4.78, 5) is 69.0. The minimum absolute atomic E-state index is 0.0201. The molecule has 24 nitrogen and oxygen atoms in total. The van der Waals surface area contributed by atoms with E-state index in [9.17, 15) is 64.8 Å². The van der Waals surface area contributed by atoms with Crippen LogP contribution in [0.1, 0.15) is 0 Å². The molecule has 24 heteroatoms. The monoisotopic (exact) mass is 838 g/mol. The SMILES string of the molecule is Cn1c(=O)c2c(ncn2C)n(C)c1=O.Cn1cnc2c1c(=O)[nH]c(=O)n2C.O=c1c(OC2O[C@H](CO)[C@H](O)[C@H](O)[C@H]2O)c(-c2ccc(O)c(O)c2)oc2cc(O)cc(O)c12. The number of H-pyrrole nitrogens is 1. The highest BCUT2D eigenvalue weighted by atomic mass is 16.7. The summed E-state index contributed by atoms with van der Waals surface area (Å²) in [5, 5.41) is 78.7. The number of aliphatic hydroxyl groups excluding tert-OH is 4. The lowest BCUT2D eigenvalue weighted by Gasteiger charge is -2.39. The highest BCUT2D eigenvalue weighted by Crippen LogP contribution is 2.39. The number of hydrogen-bond donors (Lipinski definition) is 9. The van der Waals surface area contributed by atoms with Crippen LogP contribution >= 0.6 is 0 Å². The van der Waals surface area contributed by atoms with Gasteiger partial charge in [-0.2, -0.15) is 0 Å². The van der Waals surface area contributed by atoms with Crippen molar-refractivity contribution in [1.29, 1.82) is 0 Å². The second-order valence-electron chi connectivity index (χ2n) is 13.5. The second kappa shape index (κ2) is 16.2. The molecule has 318 valence electrons. The van der Waals surface area contributed by atoms with Crippen LogP contribution in [0.2, 0.25) is 0 Å². The molecule has 60 heavy (non-hydrogen) atoms. The fraction of sp³-hybridized carbons (Fsp3) is 0.306. The maximum atomic E-state index is 13.2. The molecule has 1 aliphatic heterocycles. The van der Waals surface area contributed by atoms with Crippen molar-refractivity contribution in [1.82, 2.24) is 37.8 Å². The summed E-state index contributed by atoms with van der Waals surface area (Å²) in [5.41, 5.74) is -1.06. The van der Waals surface area contributed by atoms with E-state index in [4.69, 9.17) is 13.9 Å². The van der Waals surface area contributed by atoms with Crippen LogP contribution in [0, 0.1) is 0 Å². The molecule has 8 rings (SSSR count). The summed E-state index contributed by atoms with van der Waals surface area (Å²) in [6.07, 6.45) is -5.38. The first-order valence-corrected chi connectivity index (χ1v) is 17.5. The summed E-state index contributed by atoms with van der Waals surface area (Å²) < 4.78 is 23.4. The number of aryl methyl sites for hydroxylation is 4. The predicted molar refractivity (Wildman–Crippen MR) is 207 cm³/mol. The molecule has 1 unspecified atom stereocenters. The molecule has 0 spiro atoms. The fourth-order valence-corrected chi connectivity index (χ4v) is 6.24. The van der Waals surface area contributed by atoms with Crippen molar-refractivity contribution in [3.05, 3.63) is 94.9 Å². The lowest BCUT2D eigenvalue weighted by Crippen LogP contribution is -2.60. The Morgan fingerprint density at radius 2 is 1.38 bits per heavy atom. The van der Waals surface area contributed by atoms with Gasteiger partial charge in [0.25, 0.3) is 11.1 Å². The molecule has 0 saturated carbocycles. The molecule has 9 N–H and O–H groups in total. The van der Waals surface area contributed by atoms with Crippen LogP contribution in [0.4, 0.5) is 0 Å². The van der Waals surface area contributed by atoms with Gasteiger partial charge >= 0.3 is 11.4 Å². The van der Waals surface area contributed by atoms with Crippen molar-refractivity contribution in [3.63, 3.8) is 0 Å². The van der Waals surface area contributed by atoms with Gasteiger partial charge in [-0.3, -0.25) is 33.1 Å². The summed E-state index contributed by atoms with van der Waals surface area (Å²) in [6, 6.07) is 5.36. The standard InChI is InChI=1S/C21H20O12.C8H10N4O2.C7H8N4O2/c22-6-13-15(27)17(29)18(30)21(32-13)33-20-16(28)14-11(26)4-8(23)5-12(14)31-19(20)7-1-2-9(24)10(25)3-7;1-10-4-9-6-5(10)7(13)12(3)8(14)11(6)2;1-10-3-8-5-4(10)6(12)9-7(13)11(5)2/h1-5,13,15,17-18,21-27,29-30H,6H2;4H,1-3H3;3H,1-2H3,(H,9,12,13)/t13-,15+,17+,18-,21?;;/m1../s1. The fourth-order valence-electron chi connectivity index (χ4n) is 6.24. The topological polar surface area (TPSA) is 345 Å². The zero-order valence-corrected chi connectivity index (χ0v) is 32.1. The number of hydrogen-bond acceptors (Lipinski definition) is 18. The second-order valence-corrected chi connectivity index (χ2v) is 13.5. The number of nitrogens with zero attached hydrogens (tertiary/aromatic N) is 7. The number of ether oxygens (including phenoxy) is 2. The van der Waals surface area contributed by atoms with Crippen LogP contribution < -0.4 is 32.7 Å². The van der Waals surface area contributed by atoms with Gasteiger partial charge in [0.1, 0.15) is 46.9 Å². The highest BCUT2D eigenvalue weighted by molar-refractivity contribution is 5.88. The van der Waals surface area contributed by atoms with Gasteiger partial charge in [0.2, 0.25) is 17.5 Å². The molecule has 1 saturated heterocycles. The van der Waals surface area contributed by atoms with Crippen molar-refractivity contribution < 1.29 is 54.7 Å². The molecule has 7 aromatic rings. The van der Waals surface area contributed by atoms with E-state index in [0.29, 0.717) is 22.3 Å². The third-order valence-electron chi connectivity index (χ3n) is 9.53. The minimum atomic E-state index is -1.85. The van der Waals surface area contributed by atoms with Crippen molar-refractivity contribution in [2.45, 2.75) is 30.7 Å². The van der Waals surface area contributed by atoms with E-state index in [1.54, 1.807) is 37.3 Å². The van der Waals surface area contributed by atoms with Gasteiger partial charge in [-0.25, -0.2) is 19.6 Å². The largest absolute Gasteiger partial charge is 0.508 e. The Labute approximate surface area is 333 Å². The highest BCUT2D eigenvalue weighted by Gasteiger charge is 2.45. The van der Waals surface area contributed by atoms with Crippen LogP contribution in [0.15, 0.2) is 71.4 Å². The van der Waals surface area contributed by atoms with E-state index in [1.165, 1.54) is 34.9 Å². The summed E-state index contributed by atoms with van der Waals surface area (Å²) in [7, 11) is 8.04. The van der Waals surface area contributed by atoms with E-state index < -0.39 is 82.7 Å². The third-order valence-corrected chi connectivity index (χ3v) is 9.53. The quantitative estimate of drug-likeness (QED) is 0.0820. The van der Waals surface area contributed by atoms with Crippen molar-refractivity contribution in [2.24, 2.45) is 35.2 Å². The van der Waals surface area contributed by atoms with Crippen LogP contribution in [-0.4, -0.2) is 116 Å². The van der Waals surface area contributed by atoms with Gasteiger partial charge < -0.3 is 63.9 Å². The molecule has 0 aliphatic carbocycles. The van der Waals surface area contributed by atoms with Crippen LogP contribution in [0.3, 0.4) is 0 Å². The third kappa shape index (κ3) is 7.46. The summed E-state index contributed by atoms with van der Waals surface area (Å²) in [6.45, 7) is -0.740. The minimum Gasteiger partial charge on any atom is -0.508 e. The molecule has 0 radical (unpaired) electrons. The number of fused-ring (bicyclic) bond motifs is 3. The lowest BCUT2D eigenvalue weighted by atomic mass is 9.99. The zero-order valence-electron chi connectivity index (χ0n) is 32.1. The van der Waals surface area contributed by atoms with Crippen LogP contribution in [0.25, 0.3) is 44.6 Å². The molecule has 1 fully saturated rings. The normalized spacial score (nSPS) is 18.9. The van der Waals surface area contributed by atoms with Gasteiger partial charge in [-0.1, -0.05) is 0 Å². The Morgan fingerprint density at radius 3 is 2.02 bits per heavy atom. The average Bonchev–Trinajstić information content (AvgIpc) is 3.80.